The molecule has 1 aromatic carbocycles. The molecular weight excluding hydrogens is 594 g/mol. The number of aliphatic hydroxyl groups is 1. The molecule has 1 aromatic rings. The second-order valence-corrected chi connectivity index (χ2v) is 17.3. The van der Waals surface area contributed by atoms with Gasteiger partial charge in [-0.1, -0.05) is 31.0 Å². The molecule has 9 nitrogen and oxygen atoms in total. The molecule has 1 aliphatic heterocycles. The summed E-state index contributed by atoms with van der Waals surface area (Å²) in [7, 11) is -3.94. The number of carbonyl (C=O) groups excluding carboxylic acids is 2. The van der Waals surface area contributed by atoms with Gasteiger partial charge in [-0.15, -0.1) is 11.6 Å². The van der Waals surface area contributed by atoms with Crippen molar-refractivity contribution in [2.75, 3.05) is 19.0 Å². The summed E-state index contributed by atoms with van der Waals surface area (Å²) in [5, 5.41) is 12.0. The zero-order valence-electron chi connectivity index (χ0n) is 27.6. The summed E-state index contributed by atoms with van der Waals surface area (Å²) in [5.41, 5.74) is -2.86. The molecule has 2 rings (SSSR count). The summed E-state index contributed by atoms with van der Waals surface area (Å²) < 4.78 is 38.4. The van der Waals surface area contributed by atoms with E-state index in [2.05, 4.69) is 0 Å². The zero-order chi connectivity index (χ0) is 33.1. The summed E-state index contributed by atoms with van der Waals surface area (Å²) in [6.45, 7) is 18.2. The van der Waals surface area contributed by atoms with E-state index in [1.54, 1.807) is 26.0 Å². The van der Waals surface area contributed by atoms with Gasteiger partial charge in [-0.25, -0.2) is 8.42 Å². The lowest BCUT2D eigenvalue weighted by Crippen LogP contribution is -2.63. The van der Waals surface area contributed by atoms with Gasteiger partial charge in [0.05, 0.1) is 34.9 Å². The number of hydroxylamine groups is 2. The molecule has 0 aliphatic carbocycles. The molecule has 2 unspecified atom stereocenters. The normalized spacial score (nSPS) is 20.6. The number of halogens is 1. The monoisotopic (exact) mass is 645 g/mol. The van der Waals surface area contributed by atoms with Crippen LogP contribution in [-0.4, -0.2) is 77.1 Å². The Morgan fingerprint density at radius 1 is 1.02 bits per heavy atom. The number of carbonyl (C=O) groups is 2. The molecule has 0 radical (unpaired) electrons. The Bertz CT molecular complexity index is 1200. The average Bonchev–Trinajstić information content (AvgIpc) is 2.81. The fraction of sp³-hybridized carbons (Fsp3) is 0.750. The molecule has 0 aromatic heterocycles. The molecule has 0 spiro atoms. The highest BCUT2D eigenvalue weighted by atomic mass is 35.5. The van der Waals surface area contributed by atoms with Gasteiger partial charge < -0.3 is 14.6 Å². The Morgan fingerprint density at radius 3 is 2.05 bits per heavy atom. The van der Waals surface area contributed by atoms with Gasteiger partial charge >= 0.3 is 11.9 Å². The van der Waals surface area contributed by atoms with Crippen LogP contribution in [-0.2, 0) is 33.7 Å². The van der Waals surface area contributed by atoms with E-state index in [0.29, 0.717) is 19.3 Å². The first kappa shape index (κ1) is 37.5. The van der Waals surface area contributed by atoms with Gasteiger partial charge in [-0.2, -0.15) is 5.06 Å². The van der Waals surface area contributed by atoms with Gasteiger partial charge in [0.2, 0.25) is 0 Å². The van der Waals surface area contributed by atoms with Gasteiger partial charge in [0, 0.05) is 23.9 Å². The smallest absolute Gasteiger partial charge is 0.327 e. The van der Waals surface area contributed by atoms with E-state index in [1.807, 2.05) is 46.6 Å². The maximum absolute atomic E-state index is 13.6. The minimum atomic E-state index is -3.94. The molecule has 0 saturated carbocycles. The SMILES string of the molecule is CCCCOC(=O)C(C)(CC(C)(Cl)C(=O)OC1CC(C)(C)N(OCC(C)(C)O)C(C)(C)C1)CS(=O)(=O)c1ccc(C)cc1. The first-order valence-corrected chi connectivity index (χ1v) is 17.0. The number of alkyl halides is 1. The predicted molar refractivity (Wildman–Crippen MR) is 167 cm³/mol. The summed E-state index contributed by atoms with van der Waals surface area (Å²) in [5.74, 6) is -2.05. The Morgan fingerprint density at radius 2 is 1.56 bits per heavy atom. The lowest BCUT2D eigenvalue weighted by Gasteiger charge is -2.53. The van der Waals surface area contributed by atoms with Gasteiger partial charge in [0.1, 0.15) is 11.0 Å². The van der Waals surface area contributed by atoms with Crippen molar-refractivity contribution in [2.45, 2.75) is 134 Å². The van der Waals surface area contributed by atoms with Crippen molar-refractivity contribution in [2.24, 2.45) is 5.41 Å². The molecule has 246 valence electrons. The summed E-state index contributed by atoms with van der Waals surface area (Å²) >= 11 is 6.82. The van der Waals surface area contributed by atoms with Crippen molar-refractivity contribution in [3.63, 3.8) is 0 Å². The Hall–Kier alpha value is -1.72. The van der Waals surface area contributed by atoms with Crippen molar-refractivity contribution in [3.05, 3.63) is 29.8 Å². The van der Waals surface area contributed by atoms with Crippen LogP contribution in [0.2, 0.25) is 0 Å². The van der Waals surface area contributed by atoms with Crippen LogP contribution in [0.4, 0.5) is 0 Å². The second-order valence-electron chi connectivity index (χ2n) is 14.4. The predicted octanol–water partition coefficient (Wildman–Crippen LogP) is 5.77. The third kappa shape index (κ3) is 10.4. The number of benzene rings is 1. The van der Waals surface area contributed by atoms with Gasteiger partial charge in [0.25, 0.3) is 0 Å². The Kier molecular flexibility index (Phi) is 12.0. The number of ether oxygens (including phenoxy) is 2. The molecule has 2 atom stereocenters. The van der Waals surface area contributed by atoms with E-state index in [-0.39, 0.29) is 24.5 Å². The van der Waals surface area contributed by atoms with Gasteiger partial charge in [0.15, 0.2) is 9.84 Å². The molecule has 1 heterocycles. The molecule has 0 amide bonds. The first-order chi connectivity index (χ1) is 19.4. The fourth-order valence-electron chi connectivity index (χ4n) is 5.82. The van der Waals surface area contributed by atoms with Gasteiger partial charge in [-0.3, -0.25) is 14.4 Å². The molecule has 11 heteroatoms. The number of aryl methyl sites for hydroxylation is 1. The molecule has 43 heavy (non-hydrogen) atoms. The van der Waals surface area contributed by atoms with Crippen LogP contribution in [0.15, 0.2) is 29.2 Å². The van der Waals surface area contributed by atoms with Crippen molar-refractivity contribution in [1.29, 1.82) is 0 Å². The summed E-state index contributed by atoms with van der Waals surface area (Å²) in [6.07, 6.45) is 1.45. The van der Waals surface area contributed by atoms with Crippen LogP contribution < -0.4 is 0 Å². The minimum absolute atomic E-state index is 0.0764. The Labute approximate surface area is 263 Å². The number of unbranched alkanes of at least 4 members (excludes halogenated alkanes) is 1. The quantitative estimate of drug-likeness (QED) is 0.153. The number of nitrogens with zero attached hydrogens (tertiary/aromatic N) is 1. The first-order valence-electron chi connectivity index (χ1n) is 15.0. The van der Waals surface area contributed by atoms with Crippen LogP contribution in [0.3, 0.4) is 0 Å². The molecule has 1 N–H and O–H groups in total. The van der Waals surface area contributed by atoms with Crippen molar-refractivity contribution in [1.82, 2.24) is 5.06 Å². The van der Waals surface area contributed by atoms with Crippen LogP contribution in [0.25, 0.3) is 0 Å². The molecule has 1 fully saturated rings. The van der Waals surface area contributed by atoms with Crippen LogP contribution in [0, 0.1) is 12.3 Å². The van der Waals surface area contributed by atoms with Crippen LogP contribution in [0.1, 0.15) is 100.0 Å². The van der Waals surface area contributed by atoms with Crippen molar-refractivity contribution >= 4 is 33.4 Å². The third-order valence-electron chi connectivity index (χ3n) is 7.63. The maximum atomic E-state index is 13.6. The lowest BCUT2D eigenvalue weighted by molar-refractivity contribution is -0.306. The number of esters is 2. The summed E-state index contributed by atoms with van der Waals surface area (Å²) in [6, 6.07) is 6.39. The lowest BCUT2D eigenvalue weighted by atomic mass is 9.79. The fourth-order valence-corrected chi connectivity index (χ4v) is 7.94. The highest BCUT2D eigenvalue weighted by Crippen LogP contribution is 2.42. The number of hydrogen-bond donors (Lipinski definition) is 1. The van der Waals surface area contributed by atoms with Crippen molar-refractivity contribution in [3.8, 4) is 0 Å². The van der Waals surface area contributed by atoms with E-state index in [4.69, 9.17) is 25.9 Å². The van der Waals surface area contributed by atoms with Crippen LogP contribution in [0.5, 0.6) is 0 Å². The number of piperidine rings is 1. The number of sulfone groups is 1. The van der Waals surface area contributed by atoms with E-state index in [0.717, 1.165) is 12.0 Å². The second kappa shape index (κ2) is 13.7. The molecule has 0 bridgehead atoms. The highest BCUT2D eigenvalue weighted by Gasteiger charge is 2.52. The highest BCUT2D eigenvalue weighted by molar-refractivity contribution is 7.91. The van der Waals surface area contributed by atoms with E-state index in [9.17, 15) is 23.1 Å². The van der Waals surface area contributed by atoms with E-state index >= 15 is 0 Å². The van der Waals surface area contributed by atoms with Crippen molar-refractivity contribution < 1.29 is 37.4 Å². The minimum Gasteiger partial charge on any atom is -0.465 e. The zero-order valence-corrected chi connectivity index (χ0v) is 29.2. The number of rotatable bonds is 14. The molecule has 1 aliphatic rings. The Balaban J connectivity index is 2.28. The van der Waals surface area contributed by atoms with E-state index < -0.39 is 60.6 Å². The van der Waals surface area contributed by atoms with Gasteiger partial charge in [-0.05, 0) is 87.3 Å². The standard InChI is InChI=1S/C32H52ClNO8S/c1-11-12-17-40-26(35)31(9,22-43(38,39)25-15-13-23(2)14-16-25)20-32(10,33)27(36)42-24-18-28(3,4)34(29(5,6)19-24)41-21-30(7,8)37/h13-16,24,37H,11-12,17-22H2,1-10H3. The third-order valence-corrected chi connectivity index (χ3v) is 9.93. The average molecular weight is 646 g/mol. The largest absolute Gasteiger partial charge is 0.465 e. The maximum Gasteiger partial charge on any atom is 0.327 e. The number of hydrogen-bond acceptors (Lipinski definition) is 9. The molecular formula is C32H52ClNO8S. The molecule has 1 saturated heterocycles. The topological polar surface area (TPSA) is 119 Å². The summed E-state index contributed by atoms with van der Waals surface area (Å²) in [4.78, 5) is 31.4. The van der Waals surface area contributed by atoms with Crippen LogP contribution >= 0.6 is 11.6 Å². The van der Waals surface area contributed by atoms with E-state index in [1.165, 1.54) is 26.0 Å².